The van der Waals surface area contributed by atoms with Gasteiger partial charge in [0, 0.05) is 12.6 Å². The van der Waals surface area contributed by atoms with Gasteiger partial charge in [0.1, 0.15) is 5.82 Å². The number of nitrogens with zero attached hydrogens (tertiary/aromatic N) is 1. The lowest BCUT2D eigenvalue weighted by molar-refractivity contribution is 0.0493. The summed E-state index contributed by atoms with van der Waals surface area (Å²) in [5.74, 6) is -0.364. The van der Waals surface area contributed by atoms with E-state index < -0.39 is 0 Å². The number of halogens is 2. The van der Waals surface area contributed by atoms with Crippen molar-refractivity contribution < 1.29 is 8.87 Å². The number of hydrogen-bond donors (Lipinski definition) is 0. The monoisotopic (exact) mass is 157 g/mol. The Morgan fingerprint density at radius 2 is 2.00 bits per heavy atom. The van der Waals surface area contributed by atoms with E-state index in [1.165, 1.54) is 13.1 Å². The van der Waals surface area contributed by atoms with Crippen LogP contribution in [0.1, 0.15) is 5.56 Å². The van der Waals surface area contributed by atoms with Gasteiger partial charge in [0.05, 0.1) is 6.54 Å². The fourth-order valence-corrected chi connectivity index (χ4v) is 0.861. The summed E-state index contributed by atoms with van der Waals surface area (Å²) in [5, 5.41) is 0.443. The Balaban J connectivity index is 2.78. The molecule has 0 fully saturated rings. The van der Waals surface area contributed by atoms with Crippen LogP contribution in [0.4, 0.5) is 8.87 Å². The maximum Gasteiger partial charge on any atom is 0.127 e. The van der Waals surface area contributed by atoms with Crippen molar-refractivity contribution in [1.82, 2.24) is 5.12 Å². The van der Waals surface area contributed by atoms with E-state index in [0.717, 1.165) is 0 Å². The molecule has 1 aromatic carbocycles. The first kappa shape index (κ1) is 8.14. The van der Waals surface area contributed by atoms with Gasteiger partial charge in [0.2, 0.25) is 0 Å². The van der Waals surface area contributed by atoms with Crippen molar-refractivity contribution in [2.45, 2.75) is 6.54 Å². The third kappa shape index (κ3) is 2.27. The molecule has 0 aliphatic heterocycles. The highest BCUT2D eigenvalue weighted by Gasteiger charge is 2.02. The van der Waals surface area contributed by atoms with Crippen molar-refractivity contribution in [3.8, 4) is 0 Å². The number of hydrogen-bond acceptors (Lipinski definition) is 1. The van der Waals surface area contributed by atoms with Crippen LogP contribution in [0.5, 0.6) is 0 Å². The van der Waals surface area contributed by atoms with Crippen molar-refractivity contribution in [3.63, 3.8) is 0 Å². The zero-order valence-electron chi connectivity index (χ0n) is 6.22. The van der Waals surface area contributed by atoms with Gasteiger partial charge >= 0.3 is 0 Å². The molecule has 0 saturated carbocycles. The highest BCUT2D eigenvalue weighted by Crippen LogP contribution is 2.08. The molecule has 0 radical (unpaired) electrons. The Kier molecular flexibility index (Phi) is 2.54. The summed E-state index contributed by atoms with van der Waals surface area (Å²) in [6.45, 7) is -0.00727. The molecular weight excluding hydrogens is 148 g/mol. The minimum atomic E-state index is -0.364. The third-order valence-corrected chi connectivity index (χ3v) is 1.35. The first-order valence-electron chi connectivity index (χ1n) is 3.30. The van der Waals surface area contributed by atoms with Gasteiger partial charge in [-0.1, -0.05) is 18.2 Å². The fourth-order valence-electron chi connectivity index (χ4n) is 0.861. The summed E-state index contributed by atoms with van der Waals surface area (Å²) < 4.78 is 25.0. The van der Waals surface area contributed by atoms with Gasteiger partial charge in [-0.25, -0.2) is 4.39 Å². The summed E-state index contributed by atoms with van der Waals surface area (Å²) in [4.78, 5) is 0. The lowest BCUT2D eigenvalue weighted by Gasteiger charge is -2.05. The molecule has 0 bridgehead atoms. The molecule has 60 valence electrons. The van der Waals surface area contributed by atoms with Crippen LogP contribution in [0.3, 0.4) is 0 Å². The Hall–Kier alpha value is -0.960. The van der Waals surface area contributed by atoms with E-state index in [1.807, 2.05) is 0 Å². The van der Waals surface area contributed by atoms with Gasteiger partial charge in [-0.05, 0) is 6.07 Å². The topological polar surface area (TPSA) is 3.24 Å². The lowest BCUT2D eigenvalue weighted by atomic mass is 10.2. The predicted molar refractivity (Wildman–Crippen MR) is 39.0 cm³/mol. The van der Waals surface area contributed by atoms with Crippen molar-refractivity contribution >= 4 is 0 Å². The average molecular weight is 157 g/mol. The molecule has 0 aliphatic rings. The maximum atomic E-state index is 12.8. The Labute approximate surface area is 64.2 Å². The van der Waals surface area contributed by atoms with Crippen molar-refractivity contribution in [1.29, 1.82) is 0 Å². The fraction of sp³-hybridized carbons (Fsp3) is 0.250. The minimum Gasteiger partial charge on any atom is -0.207 e. The molecule has 0 heterocycles. The van der Waals surface area contributed by atoms with Gasteiger partial charge in [0.15, 0.2) is 0 Å². The minimum absolute atomic E-state index is 0.00727. The zero-order valence-corrected chi connectivity index (χ0v) is 6.22. The summed E-state index contributed by atoms with van der Waals surface area (Å²) in [7, 11) is 1.26. The summed E-state index contributed by atoms with van der Waals surface area (Å²) >= 11 is 0. The molecule has 11 heavy (non-hydrogen) atoms. The van der Waals surface area contributed by atoms with Crippen LogP contribution in [0.2, 0.25) is 0 Å². The molecule has 1 aromatic rings. The van der Waals surface area contributed by atoms with Crippen molar-refractivity contribution in [3.05, 3.63) is 35.6 Å². The van der Waals surface area contributed by atoms with Crippen molar-refractivity contribution in [2.75, 3.05) is 7.05 Å². The first-order valence-corrected chi connectivity index (χ1v) is 3.30. The number of rotatable bonds is 2. The van der Waals surface area contributed by atoms with E-state index in [4.69, 9.17) is 0 Å². The van der Waals surface area contributed by atoms with Crippen LogP contribution in [-0.4, -0.2) is 12.2 Å². The van der Waals surface area contributed by atoms with E-state index in [1.54, 1.807) is 18.2 Å². The second-order valence-corrected chi connectivity index (χ2v) is 2.35. The van der Waals surface area contributed by atoms with Crippen LogP contribution in [0.25, 0.3) is 0 Å². The largest absolute Gasteiger partial charge is 0.207 e. The molecular formula is C8H9F2N. The molecule has 0 saturated heterocycles. The Morgan fingerprint density at radius 1 is 1.36 bits per heavy atom. The quantitative estimate of drug-likeness (QED) is 0.594. The molecule has 0 unspecified atom stereocenters. The van der Waals surface area contributed by atoms with Gasteiger partial charge in [0.25, 0.3) is 0 Å². The Bertz CT molecular complexity index is 235. The van der Waals surface area contributed by atoms with Crippen LogP contribution in [0.15, 0.2) is 24.3 Å². The van der Waals surface area contributed by atoms with Gasteiger partial charge in [-0.3, -0.25) is 0 Å². The Morgan fingerprint density at radius 3 is 2.55 bits per heavy atom. The molecule has 1 rings (SSSR count). The maximum absolute atomic E-state index is 12.8. The van der Waals surface area contributed by atoms with Crippen molar-refractivity contribution in [2.24, 2.45) is 0 Å². The first-order chi connectivity index (χ1) is 5.20. The van der Waals surface area contributed by atoms with E-state index in [-0.39, 0.29) is 12.4 Å². The van der Waals surface area contributed by atoms with Crippen LogP contribution in [-0.2, 0) is 6.54 Å². The summed E-state index contributed by atoms with van der Waals surface area (Å²) in [6.07, 6.45) is 0. The smallest absolute Gasteiger partial charge is 0.127 e. The highest BCUT2D eigenvalue weighted by atomic mass is 19.2. The predicted octanol–water partition coefficient (Wildman–Crippen LogP) is 2.14. The molecule has 0 spiro atoms. The van der Waals surface area contributed by atoms with E-state index in [0.29, 0.717) is 10.7 Å². The molecule has 0 atom stereocenters. The normalized spacial score (nSPS) is 10.5. The lowest BCUT2D eigenvalue weighted by Crippen LogP contribution is -2.06. The molecule has 0 amide bonds. The molecule has 0 N–H and O–H groups in total. The van der Waals surface area contributed by atoms with Crippen LogP contribution < -0.4 is 0 Å². The van der Waals surface area contributed by atoms with Crippen LogP contribution in [0, 0.1) is 5.82 Å². The van der Waals surface area contributed by atoms with Gasteiger partial charge < -0.3 is 0 Å². The molecule has 1 nitrogen and oxygen atoms in total. The van der Waals surface area contributed by atoms with Crippen LogP contribution >= 0.6 is 0 Å². The summed E-state index contributed by atoms with van der Waals surface area (Å²) in [6, 6.07) is 6.14. The number of benzene rings is 1. The van der Waals surface area contributed by atoms with E-state index in [2.05, 4.69) is 0 Å². The molecule has 3 heteroatoms. The summed E-state index contributed by atoms with van der Waals surface area (Å²) in [5.41, 5.74) is 0.373. The zero-order chi connectivity index (χ0) is 8.27. The second kappa shape index (κ2) is 3.44. The SMILES string of the molecule is CN(F)Cc1ccccc1F. The average Bonchev–Trinajstić information content (AvgIpc) is 1.93. The van der Waals surface area contributed by atoms with E-state index in [9.17, 15) is 8.87 Å². The third-order valence-electron chi connectivity index (χ3n) is 1.35. The van der Waals surface area contributed by atoms with E-state index >= 15 is 0 Å². The highest BCUT2D eigenvalue weighted by molar-refractivity contribution is 5.16. The molecule has 0 aliphatic carbocycles. The molecule has 0 aromatic heterocycles. The standard InChI is InChI=1S/C8H9F2N/c1-11(10)6-7-4-2-3-5-8(7)9/h2-5H,6H2,1H3. The van der Waals surface area contributed by atoms with Gasteiger partial charge in [-0.2, -0.15) is 0 Å². The second-order valence-electron chi connectivity index (χ2n) is 2.35. The van der Waals surface area contributed by atoms with Gasteiger partial charge in [-0.15, -0.1) is 9.60 Å².